The van der Waals surface area contributed by atoms with Crippen molar-refractivity contribution in [2.24, 2.45) is 0 Å². The molecule has 0 saturated carbocycles. The smallest absolute Gasteiger partial charge is 0.216 e. The number of nitrogens with one attached hydrogen (secondary N) is 1. The number of fused-ring (bicyclic) bond motifs is 7. The number of rotatable bonds is 2. The lowest BCUT2D eigenvalue weighted by Gasteiger charge is -1.97. The number of allylic oxidation sites excluding steroid dienone is 2. The van der Waals surface area contributed by atoms with Crippen molar-refractivity contribution in [2.75, 3.05) is 0 Å². The number of imidazole rings is 2. The molecule has 0 spiro atoms. The SMILES string of the molecule is C=C/C=C\c1cn2c(n1)[nH]c1nc3ccc#cc3n1c1ccccc12. The van der Waals surface area contributed by atoms with Crippen LogP contribution in [-0.2, 0) is 0 Å². The third-order valence-corrected chi connectivity index (χ3v) is 4.15. The van der Waals surface area contributed by atoms with E-state index in [1.807, 2.05) is 47.0 Å². The molecule has 0 saturated heterocycles. The fraction of sp³-hybridized carbons (Fsp3) is 0. The van der Waals surface area contributed by atoms with Gasteiger partial charge < -0.3 is 0 Å². The second-order valence-electron chi connectivity index (χ2n) is 5.68. The lowest BCUT2D eigenvalue weighted by molar-refractivity contribution is 1.18. The normalized spacial score (nSPS) is 11.7. The summed E-state index contributed by atoms with van der Waals surface area (Å²) >= 11 is 0. The standard InChI is InChI=1S/C20H13N5/c1-2-3-8-14-13-24-17-11-6-7-12-18(17)25-16-10-5-4-9-15(16)22-20(25)23-19(24)21-14/h2-4,6-9,11-13H,1H2,(H,21,22,23)/b8-3-. The fourth-order valence-corrected chi connectivity index (χ4v) is 3.10. The van der Waals surface area contributed by atoms with Crippen LogP contribution in [-0.4, -0.2) is 23.8 Å². The maximum Gasteiger partial charge on any atom is 0.216 e. The Kier molecular flexibility index (Phi) is 2.79. The summed E-state index contributed by atoms with van der Waals surface area (Å²) in [6, 6.07) is 18.1. The van der Waals surface area contributed by atoms with Crippen LogP contribution in [0.25, 0.3) is 39.7 Å². The highest BCUT2D eigenvalue weighted by atomic mass is 15.2. The Labute approximate surface area is 143 Å². The number of nitrogens with zero attached hydrogens (tertiary/aromatic N) is 4. The molecule has 5 aromatic rings. The summed E-state index contributed by atoms with van der Waals surface area (Å²) in [4.78, 5) is 12.7. The van der Waals surface area contributed by atoms with Crippen molar-refractivity contribution < 1.29 is 0 Å². The molecule has 5 rings (SSSR count). The molecule has 0 aliphatic rings. The van der Waals surface area contributed by atoms with Gasteiger partial charge in [0.2, 0.25) is 11.6 Å². The molecule has 3 heterocycles. The molecular formula is C20H13N5. The van der Waals surface area contributed by atoms with Crippen LogP contribution in [0.5, 0.6) is 0 Å². The molecule has 5 nitrogen and oxygen atoms in total. The average Bonchev–Trinajstić information content (AvgIpc) is 3.18. The summed E-state index contributed by atoms with van der Waals surface area (Å²) in [5.41, 5.74) is 4.63. The Morgan fingerprint density at radius 1 is 1.08 bits per heavy atom. The van der Waals surface area contributed by atoms with E-state index >= 15 is 0 Å². The molecule has 0 aliphatic carbocycles. The minimum atomic E-state index is 0.710. The largest absolute Gasteiger partial charge is 0.295 e. The van der Waals surface area contributed by atoms with Gasteiger partial charge in [0.1, 0.15) is 11.0 Å². The number of H-pyrrole nitrogens is 1. The van der Waals surface area contributed by atoms with Crippen LogP contribution in [0.2, 0.25) is 0 Å². The van der Waals surface area contributed by atoms with Crippen LogP contribution >= 0.6 is 0 Å². The molecule has 3 aromatic heterocycles. The first-order valence-corrected chi connectivity index (χ1v) is 7.91. The number of benzene rings is 1. The second kappa shape index (κ2) is 5.11. The summed E-state index contributed by atoms with van der Waals surface area (Å²) in [7, 11) is 0. The molecule has 0 radical (unpaired) electrons. The van der Waals surface area contributed by atoms with Gasteiger partial charge in [-0.1, -0.05) is 36.9 Å². The van der Waals surface area contributed by atoms with Crippen molar-refractivity contribution in [1.29, 1.82) is 0 Å². The van der Waals surface area contributed by atoms with Gasteiger partial charge in [-0.05, 0) is 36.4 Å². The lowest BCUT2D eigenvalue weighted by atomic mass is 10.3. The van der Waals surface area contributed by atoms with Gasteiger partial charge in [0.05, 0.1) is 16.7 Å². The maximum atomic E-state index is 4.70. The topological polar surface area (TPSA) is 50.4 Å². The van der Waals surface area contributed by atoms with Crippen LogP contribution < -0.4 is 0 Å². The van der Waals surface area contributed by atoms with E-state index in [-0.39, 0.29) is 0 Å². The van der Waals surface area contributed by atoms with Gasteiger partial charge in [0, 0.05) is 6.20 Å². The second-order valence-corrected chi connectivity index (χ2v) is 5.68. The van der Waals surface area contributed by atoms with Crippen molar-refractivity contribution in [3.05, 3.63) is 79.2 Å². The number of hydrogen-bond donors (Lipinski definition) is 1. The van der Waals surface area contributed by atoms with E-state index in [4.69, 9.17) is 4.98 Å². The fourth-order valence-electron chi connectivity index (χ4n) is 3.10. The third-order valence-electron chi connectivity index (χ3n) is 4.15. The number of hydrogen-bond acceptors (Lipinski definition) is 2. The monoisotopic (exact) mass is 323 g/mol. The van der Waals surface area contributed by atoms with E-state index in [0.717, 1.165) is 27.8 Å². The first-order valence-electron chi connectivity index (χ1n) is 7.91. The molecule has 0 unspecified atom stereocenters. The molecule has 0 bridgehead atoms. The average molecular weight is 323 g/mol. The third kappa shape index (κ3) is 1.98. The molecule has 118 valence electrons. The molecule has 0 amide bonds. The zero-order valence-corrected chi connectivity index (χ0v) is 13.3. The highest BCUT2D eigenvalue weighted by Crippen LogP contribution is 2.21. The van der Waals surface area contributed by atoms with E-state index in [9.17, 15) is 0 Å². The number of aromatic amines is 1. The first-order chi connectivity index (χ1) is 12.3. The summed E-state index contributed by atoms with van der Waals surface area (Å²) in [6.45, 7) is 3.71. The van der Waals surface area contributed by atoms with Crippen molar-refractivity contribution in [1.82, 2.24) is 23.8 Å². The van der Waals surface area contributed by atoms with Crippen LogP contribution in [0.15, 0.2) is 61.3 Å². The Hall–Kier alpha value is -3.78. The Balaban J connectivity index is 2.04. The summed E-state index contributed by atoms with van der Waals surface area (Å²) in [5.74, 6) is 1.43. The zero-order valence-electron chi connectivity index (χ0n) is 13.3. The molecule has 1 N–H and O–H groups in total. The highest BCUT2D eigenvalue weighted by molar-refractivity contribution is 5.87. The summed E-state index contributed by atoms with van der Waals surface area (Å²) < 4.78 is 4.08. The van der Waals surface area contributed by atoms with E-state index in [1.165, 1.54) is 0 Å². The van der Waals surface area contributed by atoms with Crippen LogP contribution in [0.4, 0.5) is 0 Å². The molecule has 0 atom stereocenters. The zero-order chi connectivity index (χ0) is 16.8. The van der Waals surface area contributed by atoms with Gasteiger partial charge in [0.15, 0.2) is 0 Å². The molecular weight excluding hydrogens is 310 g/mol. The number of para-hydroxylation sites is 2. The maximum absolute atomic E-state index is 4.70. The van der Waals surface area contributed by atoms with Gasteiger partial charge in [0.25, 0.3) is 0 Å². The van der Waals surface area contributed by atoms with Crippen LogP contribution in [0, 0.1) is 12.1 Å². The van der Waals surface area contributed by atoms with Gasteiger partial charge in [-0.2, -0.15) is 0 Å². The molecule has 0 aliphatic heterocycles. The number of aromatic nitrogens is 5. The minimum Gasteiger partial charge on any atom is -0.295 e. The van der Waals surface area contributed by atoms with Crippen molar-refractivity contribution >= 4 is 39.7 Å². The van der Waals surface area contributed by atoms with Gasteiger partial charge in [-0.3, -0.25) is 13.8 Å². The van der Waals surface area contributed by atoms with Crippen molar-refractivity contribution in [2.45, 2.75) is 0 Å². The van der Waals surface area contributed by atoms with Crippen molar-refractivity contribution in [3.8, 4) is 0 Å². The summed E-state index contributed by atoms with van der Waals surface area (Å²) in [5, 5.41) is 0. The highest BCUT2D eigenvalue weighted by Gasteiger charge is 2.10. The van der Waals surface area contributed by atoms with E-state index in [1.54, 1.807) is 6.08 Å². The van der Waals surface area contributed by atoms with E-state index in [0.29, 0.717) is 11.6 Å². The van der Waals surface area contributed by atoms with Gasteiger partial charge in [-0.25, -0.2) is 9.97 Å². The van der Waals surface area contributed by atoms with Gasteiger partial charge >= 0.3 is 0 Å². The molecule has 25 heavy (non-hydrogen) atoms. The van der Waals surface area contributed by atoms with Crippen LogP contribution in [0.1, 0.15) is 5.69 Å². The quantitative estimate of drug-likeness (QED) is 0.500. The minimum absolute atomic E-state index is 0.710. The van der Waals surface area contributed by atoms with Crippen molar-refractivity contribution in [3.63, 3.8) is 0 Å². The Bertz CT molecular complexity index is 1310. The predicted octanol–water partition coefficient (Wildman–Crippen LogP) is 3.98. The Morgan fingerprint density at radius 3 is 2.84 bits per heavy atom. The van der Waals surface area contributed by atoms with Crippen LogP contribution in [0.3, 0.4) is 0 Å². The first kappa shape index (κ1) is 13.6. The molecule has 0 fully saturated rings. The van der Waals surface area contributed by atoms with E-state index < -0.39 is 0 Å². The Morgan fingerprint density at radius 2 is 1.96 bits per heavy atom. The lowest BCUT2D eigenvalue weighted by Crippen LogP contribution is -1.86. The predicted molar refractivity (Wildman–Crippen MR) is 99.0 cm³/mol. The molecule has 5 heteroatoms. The summed E-state index contributed by atoms with van der Waals surface area (Å²) in [6.07, 6.45) is 7.52. The van der Waals surface area contributed by atoms with Gasteiger partial charge in [-0.15, -0.1) is 0 Å². The van der Waals surface area contributed by atoms with E-state index in [2.05, 4.69) is 45.2 Å². The molecule has 2 aromatic carbocycles.